The van der Waals surface area contributed by atoms with E-state index in [0.717, 1.165) is 15.9 Å². The molecule has 0 saturated heterocycles. The maximum atomic E-state index is 13.2. The Bertz CT molecular complexity index is 1400. The fourth-order valence-electron chi connectivity index (χ4n) is 3.36. The number of hydrogen-bond acceptors (Lipinski definition) is 7. The number of ether oxygens (including phenoxy) is 1. The van der Waals surface area contributed by atoms with Gasteiger partial charge in [0, 0.05) is 12.7 Å². The minimum atomic E-state index is -0.884. The van der Waals surface area contributed by atoms with Crippen LogP contribution >= 0.6 is 0 Å². The van der Waals surface area contributed by atoms with Gasteiger partial charge in [-0.2, -0.15) is 0 Å². The van der Waals surface area contributed by atoms with E-state index in [0.29, 0.717) is 0 Å². The second-order valence-corrected chi connectivity index (χ2v) is 7.34. The van der Waals surface area contributed by atoms with Crippen molar-refractivity contribution in [2.75, 3.05) is 7.11 Å². The van der Waals surface area contributed by atoms with Gasteiger partial charge in [0.25, 0.3) is 5.91 Å². The lowest BCUT2D eigenvalue weighted by atomic mass is 10.1. The van der Waals surface area contributed by atoms with Crippen LogP contribution in [0.15, 0.2) is 77.7 Å². The molecular formula is C25H21N3O6. The molecule has 172 valence electrons. The van der Waals surface area contributed by atoms with Crippen LogP contribution in [0.2, 0.25) is 0 Å². The van der Waals surface area contributed by atoms with Crippen LogP contribution in [0.1, 0.15) is 31.8 Å². The van der Waals surface area contributed by atoms with Crippen molar-refractivity contribution in [2.24, 2.45) is 0 Å². The van der Waals surface area contributed by atoms with Crippen LogP contribution in [0.25, 0.3) is 11.0 Å². The molecule has 2 N–H and O–H groups in total. The number of hydrogen-bond donors (Lipinski definition) is 2. The molecule has 0 bridgehead atoms. The zero-order chi connectivity index (χ0) is 24.1. The first-order valence-corrected chi connectivity index (χ1v) is 10.3. The molecule has 0 spiro atoms. The maximum Gasteiger partial charge on any atom is 0.339 e. The van der Waals surface area contributed by atoms with E-state index in [1.165, 1.54) is 19.4 Å². The number of benzene rings is 2. The van der Waals surface area contributed by atoms with E-state index < -0.39 is 28.7 Å². The smallest absolute Gasteiger partial charge is 0.339 e. The number of aromatic hydroxyl groups is 1. The lowest BCUT2D eigenvalue weighted by molar-refractivity contribution is 0.0600. The summed E-state index contributed by atoms with van der Waals surface area (Å²) in [4.78, 5) is 48.0. The van der Waals surface area contributed by atoms with Crippen LogP contribution in [-0.2, 0) is 17.9 Å². The summed E-state index contributed by atoms with van der Waals surface area (Å²) in [7, 11) is 1.21. The number of nitrogens with one attached hydrogen (secondary N) is 1. The molecular weight excluding hydrogens is 438 g/mol. The van der Waals surface area contributed by atoms with Gasteiger partial charge in [-0.3, -0.25) is 9.59 Å². The van der Waals surface area contributed by atoms with Crippen LogP contribution in [0.5, 0.6) is 5.75 Å². The van der Waals surface area contributed by atoms with Gasteiger partial charge in [0.15, 0.2) is 11.2 Å². The fourth-order valence-corrected chi connectivity index (χ4v) is 3.36. The average Bonchev–Trinajstić information content (AvgIpc) is 2.88. The Morgan fingerprint density at radius 2 is 1.68 bits per heavy atom. The lowest BCUT2D eigenvalue weighted by Crippen LogP contribution is -2.36. The summed E-state index contributed by atoms with van der Waals surface area (Å²) >= 11 is 0. The summed E-state index contributed by atoms with van der Waals surface area (Å²) in [5.41, 5.74) is 0.160. The number of amides is 1. The van der Waals surface area contributed by atoms with E-state index in [9.17, 15) is 19.5 Å². The molecule has 1 amide bonds. The number of esters is 1. The van der Waals surface area contributed by atoms with Gasteiger partial charge in [0.1, 0.15) is 12.4 Å². The number of nitrogens with zero attached hydrogens (tertiary/aromatic N) is 2. The van der Waals surface area contributed by atoms with Gasteiger partial charge in [-0.1, -0.05) is 60.7 Å². The third-order valence-electron chi connectivity index (χ3n) is 5.10. The first-order valence-electron chi connectivity index (χ1n) is 10.3. The van der Waals surface area contributed by atoms with Crippen LogP contribution < -0.4 is 15.7 Å². The van der Waals surface area contributed by atoms with Crippen molar-refractivity contribution in [3.8, 4) is 5.75 Å². The zero-order valence-electron chi connectivity index (χ0n) is 18.2. The molecule has 9 heteroatoms. The fraction of sp³-hybridized carbons (Fsp3) is 0.120. The number of pyridine rings is 2. The molecule has 34 heavy (non-hydrogen) atoms. The molecule has 0 radical (unpaired) electrons. The van der Waals surface area contributed by atoms with Crippen molar-refractivity contribution < 1.29 is 24.3 Å². The third-order valence-corrected chi connectivity index (χ3v) is 5.10. The summed E-state index contributed by atoms with van der Waals surface area (Å²) in [6, 6.07) is 19.5. The number of carbonyl (C=O) groups excluding carboxylic acids is 2. The molecule has 0 atom stereocenters. The molecule has 0 fully saturated rings. The Hall–Kier alpha value is -4.66. The van der Waals surface area contributed by atoms with Crippen LogP contribution in [0, 0.1) is 0 Å². The molecule has 0 aliphatic rings. The second-order valence-electron chi connectivity index (χ2n) is 7.34. The highest BCUT2D eigenvalue weighted by Crippen LogP contribution is 2.26. The first-order chi connectivity index (χ1) is 16.5. The summed E-state index contributed by atoms with van der Waals surface area (Å²) in [5, 5.41) is 13.5. The van der Waals surface area contributed by atoms with Crippen LogP contribution in [0.4, 0.5) is 0 Å². The molecule has 2 aromatic heterocycles. The second kappa shape index (κ2) is 9.86. The molecule has 0 aliphatic carbocycles. The molecule has 9 nitrogen and oxygen atoms in total. The van der Waals surface area contributed by atoms with Crippen molar-refractivity contribution >= 4 is 22.9 Å². The Labute approximate surface area is 194 Å². The zero-order valence-corrected chi connectivity index (χ0v) is 18.2. The van der Waals surface area contributed by atoms with Gasteiger partial charge < -0.3 is 20.0 Å². The van der Waals surface area contributed by atoms with Crippen molar-refractivity contribution in [1.82, 2.24) is 15.0 Å². The van der Waals surface area contributed by atoms with Crippen molar-refractivity contribution in [2.45, 2.75) is 13.2 Å². The van der Waals surface area contributed by atoms with Crippen LogP contribution in [-0.4, -0.2) is 33.8 Å². The first kappa shape index (κ1) is 22.5. The molecule has 4 aromatic rings. The number of aromatic nitrogens is 2. The predicted molar refractivity (Wildman–Crippen MR) is 123 cm³/mol. The highest BCUT2D eigenvalue weighted by molar-refractivity contribution is 6.03. The normalized spacial score (nSPS) is 10.6. The number of fused-ring (bicyclic) bond motifs is 1. The molecule has 4 rings (SSSR count). The van der Waals surface area contributed by atoms with Crippen LogP contribution in [0.3, 0.4) is 0 Å². The van der Waals surface area contributed by atoms with Crippen molar-refractivity contribution in [3.05, 3.63) is 106 Å². The van der Waals surface area contributed by atoms with Gasteiger partial charge in [-0.05, 0) is 17.2 Å². The number of carbonyl (C=O) groups is 2. The molecule has 2 heterocycles. The quantitative estimate of drug-likeness (QED) is 0.407. The van der Waals surface area contributed by atoms with E-state index in [1.807, 2.05) is 60.7 Å². The van der Waals surface area contributed by atoms with Crippen molar-refractivity contribution in [3.63, 3.8) is 0 Å². The molecule has 0 unspecified atom stereocenters. The Morgan fingerprint density at radius 3 is 2.32 bits per heavy atom. The Balaban J connectivity index is 1.78. The standard InChI is InChI=1S/C25H21N3O6/c1-33-25(32)18-12-19-21(29)20(23(30)27-13-16-8-4-2-5-9-16)24(31)28(22(19)26-14-18)34-15-17-10-6-3-7-11-17/h2-12,14,29H,13,15H2,1H3,(H,27,30). The average molecular weight is 459 g/mol. The minimum Gasteiger partial charge on any atom is -0.506 e. The van der Waals surface area contributed by atoms with E-state index >= 15 is 0 Å². The SMILES string of the molecule is COC(=O)c1cnc2c(c1)c(O)c(C(=O)NCc1ccccc1)c(=O)n2OCc1ccccc1. The van der Waals surface area contributed by atoms with E-state index in [1.54, 1.807) is 0 Å². The summed E-state index contributed by atoms with van der Waals surface area (Å²) in [5.74, 6) is -2.09. The predicted octanol–water partition coefficient (Wildman–Crippen LogP) is 2.45. The number of methoxy groups -OCH3 is 1. The van der Waals surface area contributed by atoms with Crippen molar-refractivity contribution in [1.29, 1.82) is 0 Å². The molecule has 0 saturated carbocycles. The van der Waals surface area contributed by atoms with E-state index in [4.69, 9.17) is 9.57 Å². The summed E-state index contributed by atoms with van der Waals surface area (Å²) < 4.78 is 5.56. The lowest BCUT2D eigenvalue weighted by Gasteiger charge is -2.15. The van der Waals surface area contributed by atoms with E-state index in [-0.39, 0.29) is 29.7 Å². The molecule has 2 aromatic carbocycles. The monoisotopic (exact) mass is 459 g/mol. The van der Waals surface area contributed by atoms with Gasteiger partial charge in [-0.15, -0.1) is 4.73 Å². The largest absolute Gasteiger partial charge is 0.506 e. The Morgan fingerprint density at radius 1 is 1.03 bits per heavy atom. The summed E-state index contributed by atoms with van der Waals surface area (Å²) in [6.45, 7) is 0.147. The number of rotatable bonds is 7. The maximum absolute atomic E-state index is 13.2. The highest BCUT2D eigenvalue weighted by atomic mass is 16.7. The van der Waals surface area contributed by atoms with Gasteiger partial charge in [0.05, 0.1) is 18.1 Å². The van der Waals surface area contributed by atoms with Gasteiger partial charge in [0.2, 0.25) is 0 Å². The minimum absolute atomic E-state index is 0.00608. The van der Waals surface area contributed by atoms with Gasteiger partial charge in [-0.25, -0.2) is 9.78 Å². The van der Waals surface area contributed by atoms with Gasteiger partial charge >= 0.3 is 11.5 Å². The Kier molecular flexibility index (Phi) is 6.54. The molecule has 0 aliphatic heterocycles. The summed E-state index contributed by atoms with van der Waals surface area (Å²) in [6.07, 6.45) is 1.20. The topological polar surface area (TPSA) is 120 Å². The highest BCUT2D eigenvalue weighted by Gasteiger charge is 2.25. The third kappa shape index (κ3) is 4.58. The van der Waals surface area contributed by atoms with E-state index in [2.05, 4.69) is 10.3 Å².